The number of hydrogen-bond acceptors (Lipinski definition) is 2. The molecule has 0 saturated carbocycles. The van der Waals surface area contributed by atoms with E-state index in [-0.39, 0.29) is 24.5 Å². The average molecular weight is 343 g/mol. The highest BCUT2D eigenvalue weighted by molar-refractivity contribution is 5.84. The predicted octanol–water partition coefficient (Wildman–Crippen LogP) is 3.24. The van der Waals surface area contributed by atoms with Crippen LogP contribution in [0.25, 0.3) is 0 Å². The van der Waals surface area contributed by atoms with Crippen molar-refractivity contribution in [3.8, 4) is 0 Å². The molecule has 1 aromatic carbocycles. The average Bonchev–Trinajstić information content (AvgIpc) is 3.04. The third kappa shape index (κ3) is 4.53. The summed E-state index contributed by atoms with van der Waals surface area (Å²) in [7, 11) is 0. The van der Waals surface area contributed by atoms with Crippen molar-refractivity contribution in [2.45, 2.75) is 51.5 Å². The lowest BCUT2D eigenvalue weighted by Gasteiger charge is -2.31. The van der Waals surface area contributed by atoms with Gasteiger partial charge in [-0.05, 0) is 38.2 Å². The molecule has 0 bridgehead atoms. The zero-order valence-corrected chi connectivity index (χ0v) is 15.2. The van der Waals surface area contributed by atoms with Crippen molar-refractivity contribution in [2.75, 3.05) is 26.2 Å². The number of nitrogens with one attached hydrogen (secondary N) is 1. The van der Waals surface area contributed by atoms with Gasteiger partial charge in [0.2, 0.25) is 5.91 Å². The molecule has 1 N–H and O–H groups in total. The predicted molar refractivity (Wildman–Crippen MR) is 98.3 cm³/mol. The van der Waals surface area contributed by atoms with Gasteiger partial charge in [-0.1, -0.05) is 42.7 Å². The molecular formula is C20H29N3O2. The molecule has 2 aliphatic heterocycles. The minimum atomic E-state index is -0.110. The number of nitrogens with zero attached hydrogens (tertiary/aromatic N) is 2. The van der Waals surface area contributed by atoms with E-state index in [1.54, 1.807) is 0 Å². The highest BCUT2D eigenvalue weighted by Crippen LogP contribution is 2.30. The molecule has 1 aromatic rings. The molecule has 136 valence electrons. The Morgan fingerprint density at radius 1 is 1.08 bits per heavy atom. The maximum Gasteiger partial charge on any atom is 0.318 e. The van der Waals surface area contributed by atoms with Gasteiger partial charge in [-0.3, -0.25) is 4.79 Å². The molecule has 25 heavy (non-hydrogen) atoms. The number of hydrogen-bond donors (Lipinski definition) is 1. The number of benzene rings is 1. The highest BCUT2D eigenvalue weighted by atomic mass is 16.2. The largest absolute Gasteiger partial charge is 0.341 e. The van der Waals surface area contributed by atoms with Crippen molar-refractivity contribution in [1.82, 2.24) is 15.1 Å². The van der Waals surface area contributed by atoms with Gasteiger partial charge >= 0.3 is 6.03 Å². The number of amides is 3. The van der Waals surface area contributed by atoms with Gasteiger partial charge in [0.05, 0.1) is 12.6 Å². The van der Waals surface area contributed by atoms with Gasteiger partial charge in [-0.2, -0.15) is 0 Å². The zero-order chi connectivity index (χ0) is 17.6. The van der Waals surface area contributed by atoms with Crippen LogP contribution in [0.1, 0.15) is 55.7 Å². The van der Waals surface area contributed by atoms with Crippen molar-refractivity contribution in [3.05, 3.63) is 35.4 Å². The summed E-state index contributed by atoms with van der Waals surface area (Å²) in [5.74, 6) is 0.0350. The number of carbonyl (C=O) groups is 2. The molecule has 2 saturated heterocycles. The maximum atomic E-state index is 12.8. The molecule has 5 nitrogen and oxygen atoms in total. The lowest BCUT2D eigenvalue weighted by Crippen LogP contribution is -2.46. The summed E-state index contributed by atoms with van der Waals surface area (Å²) in [6, 6.07) is 8.41. The Labute approximate surface area is 150 Å². The first-order valence-corrected chi connectivity index (χ1v) is 9.54. The molecule has 1 atom stereocenters. The quantitative estimate of drug-likeness (QED) is 0.916. The standard InChI is InChI=1S/C20H29N3O2/c1-16-8-7-9-17(14-16)18-10-3-2-4-13-23(18)20(25)21-15-19(24)22-11-5-6-12-22/h7-9,14,18H,2-6,10-13,15H2,1H3,(H,21,25). The van der Waals surface area contributed by atoms with Gasteiger partial charge in [0.1, 0.15) is 0 Å². The summed E-state index contributed by atoms with van der Waals surface area (Å²) in [5, 5.41) is 2.87. The van der Waals surface area contributed by atoms with E-state index < -0.39 is 0 Å². The normalized spacial score (nSPS) is 21.1. The van der Waals surface area contributed by atoms with Crippen LogP contribution in [0.2, 0.25) is 0 Å². The number of carbonyl (C=O) groups excluding carboxylic acids is 2. The fourth-order valence-electron chi connectivity index (χ4n) is 3.91. The van der Waals surface area contributed by atoms with Crippen LogP contribution >= 0.6 is 0 Å². The Morgan fingerprint density at radius 2 is 1.84 bits per heavy atom. The van der Waals surface area contributed by atoms with Crippen LogP contribution in [-0.4, -0.2) is 47.9 Å². The number of rotatable bonds is 3. The molecule has 1 unspecified atom stereocenters. The first-order valence-electron chi connectivity index (χ1n) is 9.54. The van der Waals surface area contributed by atoms with Crippen LogP contribution in [0.15, 0.2) is 24.3 Å². The summed E-state index contributed by atoms with van der Waals surface area (Å²) in [4.78, 5) is 28.7. The summed E-state index contributed by atoms with van der Waals surface area (Å²) < 4.78 is 0. The van der Waals surface area contributed by atoms with Crippen LogP contribution in [-0.2, 0) is 4.79 Å². The number of likely N-dealkylation sites (tertiary alicyclic amines) is 2. The molecular weight excluding hydrogens is 314 g/mol. The Balaban J connectivity index is 1.65. The van der Waals surface area contributed by atoms with Gasteiger partial charge < -0.3 is 15.1 Å². The third-order valence-electron chi connectivity index (χ3n) is 5.29. The van der Waals surface area contributed by atoms with Crippen molar-refractivity contribution in [2.24, 2.45) is 0 Å². The number of urea groups is 1. The SMILES string of the molecule is Cc1cccc(C2CCCCCN2C(=O)NCC(=O)N2CCCC2)c1. The van der Waals surface area contributed by atoms with Crippen molar-refractivity contribution >= 4 is 11.9 Å². The zero-order valence-electron chi connectivity index (χ0n) is 15.2. The molecule has 0 spiro atoms. The van der Waals surface area contributed by atoms with Crippen LogP contribution in [0, 0.1) is 6.92 Å². The van der Waals surface area contributed by atoms with E-state index in [1.807, 2.05) is 9.80 Å². The fraction of sp³-hybridized carbons (Fsp3) is 0.600. The van der Waals surface area contributed by atoms with Crippen LogP contribution in [0.5, 0.6) is 0 Å². The lowest BCUT2D eigenvalue weighted by atomic mass is 9.99. The Kier molecular flexibility index (Phi) is 5.95. The first kappa shape index (κ1) is 17.8. The monoisotopic (exact) mass is 343 g/mol. The van der Waals surface area contributed by atoms with E-state index in [2.05, 4.69) is 36.5 Å². The second-order valence-electron chi connectivity index (χ2n) is 7.22. The van der Waals surface area contributed by atoms with E-state index in [4.69, 9.17) is 0 Å². The summed E-state index contributed by atoms with van der Waals surface area (Å²) in [6.45, 7) is 4.59. The van der Waals surface area contributed by atoms with Gasteiger partial charge in [0, 0.05) is 19.6 Å². The third-order valence-corrected chi connectivity index (χ3v) is 5.29. The van der Waals surface area contributed by atoms with Gasteiger partial charge in [0.25, 0.3) is 0 Å². The highest BCUT2D eigenvalue weighted by Gasteiger charge is 2.27. The minimum absolute atomic E-state index is 0.0350. The molecule has 2 aliphatic rings. The molecule has 2 fully saturated rings. The Hall–Kier alpha value is -2.04. The van der Waals surface area contributed by atoms with Crippen molar-refractivity contribution in [1.29, 1.82) is 0 Å². The molecule has 0 aromatic heterocycles. The fourth-order valence-corrected chi connectivity index (χ4v) is 3.91. The van der Waals surface area contributed by atoms with Crippen LogP contribution < -0.4 is 5.32 Å². The molecule has 5 heteroatoms. The topological polar surface area (TPSA) is 52.7 Å². The second kappa shape index (κ2) is 8.37. The summed E-state index contributed by atoms with van der Waals surface area (Å²) in [5.41, 5.74) is 2.41. The Morgan fingerprint density at radius 3 is 2.60 bits per heavy atom. The van der Waals surface area contributed by atoms with E-state index >= 15 is 0 Å². The number of aryl methyl sites for hydroxylation is 1. The van der Waals surface area contributed by atoms with Gasteiger partial charge in [-0.25, -0.2) is 4.79 Å². The van der Waals surface area contributed by atoms with E-state index in [0.29, 0.717) is 0 Å². The van der Waals surface area contributed by atoms with Gasteiger partial charge in [0.15, 0.2) is 0 Å². The van der Waals surface area contributed by atoms with Crippen LogP contribution in [0.4, 0.5) is 4.79 Å². The second-order valence-corrected chi connectivity index (χ2v) is 7.22. The van der Waals surface area contributed by atoms with E-state index in [1.165, 1.54) is 11.1 Å². The Bertz CT molecular complexity index is 611. The maximum absolute atomic E-state index is 12.8. The van der Waals surface area contributed by atoms with Gasteiger partial charge in [-0.15, -0.1) is 0 Å². The summed E-state index contributed by atoms with van der Waals surface area (Å²) >= 11 is 0. The minimum Gasteiger partial charge on any atom is -0.341 e. The summed E-state index contributed by atoms with van der Waals surface area (Å²) in [6.07, 6.45) is 6.43. The molecule has 3 rings (SSSR count). The van der Waals surface area contributed by atoms with Crippen molar-refractivity contribution in [3.63, 3.8) is 0 Å². The molecule has 0 aliphatic carbocycles. The smallest absolute Gasteiger partial charge is 0.318 e. The van der Waals surface area contributed by atoms with E-state index in [9.17, 15) is 9.59 Å². The molecule has 0 radical (unpaired) electrons. The van der Waals surface area contributed by atoms with E-state index in [0.717, 1.165) is 58.2 Å². The lowest BCUT2D eigenvalue weighted by molar-refractivity contribution is -0.129. The molecule has 3 amide bonds. The molecule has 2 heterocycles. The van der Waals surface area contributed by atoms with Crippen LogP contribution in [0.3, 0.4) is 0 Å². The first-order chi connectivity index (χ1) is 12.1. The van der Waals surface area contributed by atoms with Crippen molar-refractivity contribution < 1.29 is 9.59 Å².